The van der Waals surface area contributed by atoms with Crippen molar-refractivity contribution >= 4 is 33.4 Å². The molecular weight excluding hydrogens is 593 g/mol. The summed E-state index contributed by atoms with van der Waals surface area (Å²) in [7, 11) is 3.93. The van der Waals surface area contributed by atoms with Crippen LogP contribution in [0.4, 0.5) is 10.1 Å². The minimum atomic E-state index is -0.384. The number of halogens is 1. The lowest BCUT2D eigenvalue weighted by molar-refractivity contribution is -0.117. The van der Waals surface area contributed by atoms with Gasteiger partial charge in [0.2, 0.25) is 5.91 Å². The number of H-pyrrole nitrogens is 2. The molecule has 0 spiro atoms. The van der Waals surface area contributed by atoms with Crippen molar-refractivity contribution in [2.45, 2.75) is 38.5 Å². The number of benzene rings is 2. The van der Waals surface area contributed by atoms with Crippen LogP contribution in [0, 0.1) is 11.7 Å². The van der Waals surface area contributed by atoms with Gasteiger partial charge >= 0.3 is 0 Å². The molecule has 240 valence electrons. The summed E-state index contributed by atoms with van der Waals surface area (Å²) in [5, 5.41) is 12.6. The number of hydrogen-bond donors (Lipinski definition) is 3. The molecule has 6 aromatic rings. The van der Waals surface area contributed by atoms with Gasteiger partial charge in [-0.3, -0.25) is 19.9 Å². The molecule has 0 unspecified atom stereocenters. The van der Waals surface area contributed by atoms with E-state index in [1.165, 1.54) is 31.4 Å². The molecule has 4 aromatic heterocycles. The molecule has 1 aliphatic rings. The average Bonchev–Trinajstić information content (AvgIpc) is 3.69. The molecule has 10 heteroatoms. The first kappa shape index (κ1) is 30.6. The predicted octanol–water partition coefficient (Wildman–Crippen LogP) is 7.82. The van der Waals surface area contributed by atoms with Crippen molar-refractivity contribution in [1.29, 1.82) is 0 Å². The molecule has 0 radical (unpaired) electrons. The summed E-state index contributed by atoms with van der Waals surface area (Å²) >= 11 is 0. The zero-order valence-corrected chi connectivity index (χ0v) is 26.6. The smallest absolute Gasteiger partial charge is 0.224 e. The average molecular weight is 632 g/mol. The Hall–Kier alpha value is -5.09. The Kier molecular flexibility index (Phi) is 8.67. The first-order valence-corrected chi connectivity index (χ1v) is 16.2. The Morgan fingerprint density at radius 1 is 0.936 bits per heavy atom. The van der Waals surface area contributed by atoms with Crippen LogP contribution in [0.2, 0.25) is 0 Å². The fourth-order valence-electron chi connectivity index (χ4n) is 6.47. The molecule has 1 amide bonds. The Morgan fingerprint density at radius 3 is 2.64 bits per heavy atom. The maximum atomic E-state index is 14.7. The highest BCUT2D eigenvalue weighted by atomic mass is 19.1. The van der Waals surface area contributed by atoms with Gasteiger partial charge in [0.15, 0.2) is 0 Å². The lowest BCUT2D eigenvalue weighted by Crippen LogP contribution is -2.19. The number of hydrogen-bond acceptors (Lipinski definition) is 6. The number of aromatic amines is 2. The molecule has 0 bridgehead atoms. The van der Waals surface area contributed by atoms with Gasteiger partial charge in [-0.05, 0) is 80.9 Å². The van der Waals surface area contributed by atoms with Gasteiger partial charge < -0.3 is 19.9 Å². The first-order chi connectivity index (χ1) is 22.9. The lowest BCUT2D eigenvalue weighted by Gasteiger charge is -2.20. The van der Waals surface area contributed by atoms with E-state index in [9.17, 15) is 9.18 Å². The highest BCUT2D eigenvalue weighted by molar-refractivity contribution is 6.01. The molecule has 0 aliphatic heterocycles. The van der Waals surface area contributed by atoms with Crippen LogP contribution in [0.5, 0.6) is 5.75 Å². The third-order valence-electron chi connectivity index (χ3n) is 8.87. The quantitative estimate of drug-likeness (QED) is 0.142. The summed E-state index contributed by atoms with van der Waals surface area (Å²) in [6, 6.07) is 16.6. The maximum Gasteiger partial charge on any atom is 0.224 e. The highest BCUT2D eigenvalue weighted by Crippen LogP contribution is 2.36. The predicted molar refractivity (Wildman–Crippen MR) is 184 cm³/mol. The number of ether oxygens (including phenoxy) is 1. The molecule has 3 N–H and O–H groups in total. The van der Waals surface area contributed by atoms with Crippen LogP contribution in [0.3, 0.4) is 0 Å². The van der Waals surface area contributed by atoms with Crippen molar-refractivity contribution in [3.05, 3.63) is 79.0 Å². The third kappa shape index (κ3) is 6.88. The van der Waals surface area contributed by atoms with Gasteiger partial charge in [0.05, 0.1) is 28.8 Å². The number of nitrogens with zero attached hydrogens (tertiary/aromatic N) is 4. The molecule has 47 heavy (non-hydrogen) atoms. The van der Waals surface area contributed by atoms with E-state index in [1.54, 1.807) is 18.6 Å². The second-order valence-electron chi connectivity index (χ2n) is 12.7. The van der Waals surface area contributed by atoms with Gasteiger partial charge in [-0.2, -0.15) is 5.10 Å². The fraction of sp³-hybridized carbons (Fsp3) is 0.297. The zero-order valence-electron chi connectivity index (χ0n) is 26.6. The number of anilines is 1. The first-order valence-electron chi connectivity index (χ1n) is 16.2. The summed E-state index contributed by atoms with van der Waals surface area (Å²) in [5.74, 6) is 0.591. The number of pyridine rings is 2. The van der Waals surface area contributed by atoms with E-state index in [1.807, 2.05) is 55.4 Å². The van der Waals surface area contributed by atoms with Crippen LogP contribution in [0.25, 0.3) is 55.6 Å². The number of rotatable bonds is 10. The third-order valence-corrected chi connectivity index (χ3v) is 8.87. The van der Waals surface area contributed by atoms with Gasteiger partial charge in [-0.25, -0.2) is 4.39 Å². The van der Waals surface area contributed by atoms with Crippen molar-refractivity contribution in [2.24, 2.45) is 5.92 Å². The molecule has 9 nitrogen and oxygen atoms in total. The summed E-state index contributed by atoms with van der Waals surface area (Å²) < 4.78 is 20.5. The topological polar surface area (TPSA) is 112 Å². The number of aromatic nitrogens is 5. The van der Waals surface area contributed by atoms with Crippen molar-refractivity contribution in [3.63, 3.8) is 0 Å². The van der Waals surface area contributed by atoms with E-state index in [-0.39, 0.29) is 11.7 Å². The number of carbonyl (C=O) groups excluding carboxylic acids is 1. The standard InChI is InChI=1S/C37H38FN7O2/c1-45(2)12-13-47-29-17-25(15-27(38)19-29)36-31-20-34(42-32(31)10-11-40-36)37-30-18-24(8-9-33(30)43-44-37)26-16-28(22-39-21-26)41-35(46)14-23-6-4-3-5-7-23/h8-11,15-23,42H,3-7,12-14H2,1-2H3,(H,41,46)(H,43,44). The second-order valence-corrected chi connectivity index (χ2v) is 12.7. The van der Waals surface area contributed by atoms with E-state index in [4.69, 9.17) is 4.74 Å². The SMILES string of the molecule is CN(C)CCOc1cc(F)cc(-c2nccc3[nH]c(-c4n[nH]c5ccc(-c6cncc(NC(=O)CC7CCCCC7)c6)cc45)cc23)c1. The molecule has 1 saturated carbocycles. The van der Waals surface area contributed by atoms with Crippen LogP contribution in [-0.2, 0) is 4.79 Å². The van der Waals surface area contributed by atoms with E-state index in [0.29, 0.717) is 41.6 Å². The van der Waals surface area contributed by atoms with Crippen molar-refractivity contribution < 1.29 is 13.9 Å². The molecule has 2 aromatic carbocycles. The molecule has 1 aliphatic carbocycles. The maximum absolute atomic E-state index is 14.7. The number of fused-ring (bicyclic) bond motifs is 2. The Morgan fingerprint density at radius 2 is 1.79 bits per heavy atom. The van der Waals surface area contributed by atoms with Gasteiger partial charge in [0.1, 0.15) is 23.9 Å². The number of nitrogens with one attached hydrogen (secondary N) is 3. The van der Waals surface area contributed by atoms with Crippen LogP contribution in [-0.4, -0.2) is 63.2 Å². The van der Waals surface area contributed by atoms with Crippen LogP contribution in [0.1, 0.15) is 38.5 Å². The van der Waals surface area contributed by atoms with Crippen molar-refractivity contribution in [1.82, 2.24) is 30.0 Å². The molecule has 0 saturated heterocycles. The Labute approximate surface area is 272 Å². The summed E-state index contributed by atoms with van der Waals surface area (Å²) in [5.41, 5.74) is 7.12. The summed E-state index contributed by atoms with van der Waals surface area (Å²) in [6.45, 7) is 1.17. The zero-order chi connectivity index (χ0) is 32.3. The molecule has 0 atom stereocenters. The van der Waals surface area contributed by atoms with Gasteiger partial charge in [0.25, 0.3) is 0 Å². The molecular formula is C37H38FN7O2. The van der Waals surface area contributed by atoms with Gasteiger partial charge in [-0.1, -0.05) is 25.3 Å². The van der Waals surface area contributed by atoms with Crippen molar-refractivity contribution in [3.8, 4) is 39.5 Å². The van der Waals surface area contributed by atoms with Crippen LogP contribution in [0.15, 0.2) is 73.2 Å². The second kappa shape index (κ2) is 13.3. The normalized spacial score (nSPS) is 13.9. The number of amides is 1. The molecule has 7 rings (SSSR count). The Bertz CT molecular complexity index is 2040. The highest BCUT2D eigenvalue weighted by Gasteiger charge is 2.18. The monoisotopic (exact) mass is 631 g/mol. The lowest BCUT2D eigenvalue weighted by atomic mass is 9.87. The van der Waals surface area contributed by atoms with E-state index < -0.39 is 0 Å². The van der Waals surface area contributed by atoms with Crippen LogP contribution >= 0.6 is 0 Å². The van der Waals surface area contributed by atoms with E-state index in [0.717, 1.165) is 63.7 Å². The van der Waals surface area contributed by atoms with Gasteiger partial charge in [0, 0.05) is 58.8 Å². The fourth-order valence-corrected chi connectivity index (χ4v) is 6.47. The largest absolute Gasteiger partial charge is 0.492 e. The minimum Gasteiger partial charge on any atom is -0.492 e. The summed E-state index contributed by atoms with van der Waals surface area (Å²) in [4.78, 5) is 27.3. The van der Waals surface area contributed by atoms with Crippen LogP contribution < -0.4 is 10.1 Å². The van der Waals surface area contributed by atoms with E-state index >= 15 is 0 Å². The molecule has 4 heterocycles. The molecule has 1 fully saturated rings. The Balaban J connectivity index is 1.16. The minimum absolute atomic E-state index is 0.0439. The van der Waals surface area contributed by atoms with Crippen molar-refractivity contribution in [2.75, 3.05) is 32.6 Å². The number of carbonyl (C=O) groups is 1. The van der Waals surface area contributed by atoms with Gasteiger partial charge in [-0.15, -0.1) is 0 Å². The van der Waals surface area contributed by atoms with E-state index in [2.05, 4.69) is 36.5 Å². The number of likely N-dealkylation sites (N-methyl/N-ethyl adjacent to an activating group) is 1. The summed E-state index contributed by atoms with van der Waals surface area (Å²) in [6.07, 6.45) is 11.7.